The summed E-state index contributed by atoms with van der Waals surface area (Å²) in [7, 11) is 0. The Morgan fingerprint density at radius 1 is 1.32 bits per heavy atom. The number of hydrogen-bond acceptors (Lipinski definition) is 5. The van der Waals surface area contributed by atoms with Crippen molar-refractivity contribution in [2.75, 3.05) is 19.8 Å². The van der Waals surface area contributed by atoms with Gasteiger partial charge in [-0.05, 0) is 18.9 Å². The highest BCUT2D eigenvalue weighted by molar-refractivity contribution is 5.85. The first-order valence-corrected chi connectivity index (χ1v) is 8.35. The molecule has 2 rings (SSSR count). The third kappa shape index (κ3) is 4.11. The van der Waals surface area contributed by atoms with Gasteiger partial charge in [-0.15, -0.1) is 0 Å². The molecule has 1 aromatic carbocycles. The molecule has 7 heteroatoms. The van der Waals surface area contributed by atoms with E-state index in [1.165, 1.54) is 11.8 Å². The summed E-state index contributed by atoms with van der Waals surface area (Å²) in [6.45, 7) is 3.80. The standard InChI is InChI=1S/C18H25NO6/c1-13-15(24-10-6-9-20)11-19(18(13,2)16(21)22)17(23)25-12-14-7-4-3-5-8-14/h3-5,7-8,13,15,20H,6,9-12H2,1-2H3,(H,21,22)/t13-,15+,18-/m1/s1. The molecule has 0 aliphatic carbocycles. The highest BCUT2D eigenvalue weighted by Gasteiger charge is 2.56. The Hall–Kier alpha value is -2.12. The van der Waals surface area contributed by atoms with E-state index in [1.54, 1.807) is 6.92 Å². The van der Waals surface area contributed by atoms with Crippen LogP contribution in [-0.2, 0) is 20.9 Å². The van der Waals surface area contributed by atoms with Crippen molar-refractivity contribution in [1.29, 1.82) is 0 Å². The molecule has 138 valence electrons. The number of carbonyl (C=O) groups excluding carboxylic acids is 1. The Balaban J connectivity index is 2.07. The Morgan fingerprint density at radius 3 is 2.60 bits per heavy atom. The third-order valence-corrected chi connectivity index (χ3v) is 4.86. The number of benzene rings is 1. The van der Waals surface area contributed by atoms with Crippen molar-refractivity contribution in [3.05, 3.63) is 35.9 Å². The molecule has 0 radical (unpaired) electrons. The monoisotopic (exact) mass is 351 g/mol. The van der Waals surface area contributed by atoms with Gasteiger partial charge in [0.2, 0.25) is 0 Å². The minimum absolute atomic E-state index is 0.000130. The number of likely N-dealkylation sites (tertiary alicyclic amines) is 1. The van der Waals surface area contributed by atoms with Gasteiger partial charge < -0.3 is 19.7 Å². The Morgan fingerprint density at radius 2 is 2.00 bits per heavy atom. The average Bonchev–Trinajstić information content (AvgIpc) is 2.87. The van der Waals surface area contributed by atoms with Crippen molar-refractivity contribution in [2.24, 2.45) is 5.92 Å². The molecule has 0 spiro atoms. The summed E-state index contributed by atoms with van der Waals surface area (Å²) in [5.41, 5.74) is -0.576. The van der Waals surface area contributed by atoms with Gasteiger partial charge in [0, 0.05) is 19.1 Å². The summed E-state index contributed by atoms with van der Waals surface area (Å²) in [4.78, 5) is 25.6. The van der Waals surface area contributed by atoms with E-state index in [9.17, 15) is 14.7 Å². The van der Waals surface area contributed by atoms with Gasteiger partial charge in [0.15, 0.2) is 0 Å². The number of rotatable bonds is 7. The lowest BCUT2D eigenvalue weighted by atomic mass is 9.87. The molecule has 2 N–H and O–H groups in total. The highest BCUT2D eigenvalue weighted by Crippen LogP contribution is 2.37. The molecule has 0 saturated carbocycles. The van der Waals surface area contributed by atoms with Gasteiger partial charge in [0.25, 0.3) is 0 Å². The number of aliphatic carboxylic acids is 1. The average molecular weight is 351 g/mol. The molecule has 3 atom stereocenters. The fourth-order valence-electron chi connectivity index (χ4n) is 3.00. The molecule has 1 aromatic rings. The van der Waals surface area contributed by atoms with Crippen LogP contribution in [0.25, 0.3) is 0 Å². The SMILES string of the molecule is C[C@@H]1[C@@H](OCCCO)CN(C(=O)OCc2ccccc2)[C@@]1(C)C(=O)O. The van der Waals surface area contributed by atoms with Crippen LogP contribution in [0.1, 0.15) is 25.8 Å². The summed E-state index contributed by atoms with van der Waals surface area (Å²) in [6, 6.07) is 9.21. The number of carboxylic acids is 1. The quantitative estimate of drug-likeness (QED) is 0.728. The predicted octanol–water partition coefficient (Wildman–Crippen LogP) is 1.89. The Labute approximate surface area is 147 Å². The molecule has 25 heavy (non-hydrogen) atoms. The summed E-state index contributed by atoms with van der Waals surface area (Å²) in [6.07, 6.45) is -0.628. The van der Waals surface area contributed by atoms with Crippen LogP contribution in [0, 0.1) is 5.92 Å². The van der Waals surface area contributed by atoms with Crippen molar-refractivity contribution in [3.63, 3.8) is 0 Å². The van der Waals surface area contributed by atoms with Crippen LogP contribution in [0.2, 0.25) is 0 Å². The molecule has 0 aromatic heterocycles. The largest absolute Gasteiger partial charge is 0.479 e. The molecule has 1 fully saturated rings. The van der Waals surface area contributed by atoms with Crippen LogP contribution in [-0.4, -0.2) is 58.6 Å². The van der Waals surface area contributed by atoms with Crippen LogP contribution in [0.3, 0.4) is 0 Å². The molecule has 1 heterocycles. The maximum atomic E-state index is 12.5. The first-order valence-electron chi connectivity index (χ1n) is 8.35. The lowest BCUT2D eigenvalue weighted by Crippen LogP contribution is -2.54. The number of ether oxygens (including phenoxy) is 2. The van der Waals surface area contributed by atoms with E-state index >= 15 is 0 Å². The first kappa shape index (κ1) is 19.2. The zero-order chi connectivity index (χ0) is 18.4. The second-order valence-electron chi connectivity index (χ2n) is 6.38. The number of aliphatic hydroxyl groups is 1. The highest BCUT2D eigenvalue weighted by atomic mass is 16.6. The molecular formula is C18H25NO6. The van der Waals surface area contributed by atoms with Crippen LogP contribution in [0.15, 0.2) is 30.3 Å². The van der Waals surface area contributed by atoms with Gasteiger partial charge in [-0.25, -0.2) is 9.59 Å². The maximum Gasteiger partial charge on any atom is 0.411 e. The molecule has 0 bridgehead atoms. The summed E-state index contributed by atoms with van der Waals surface area (Å²) in [5.74, 6) is -1.50. The number of aliphatic hydroxyl groups excluding tert-OH is 1. The van der Waals surface area contributed by atoms with E-state index in [1.807, 2.05) is 30.3 Å². The normalized spacial score (nSPS) is 25.8. The molecule has 1 saturated heterocycles. The third-order valence-electron chi connectivity index (χ3n) is 4.86. The number of carboxylic acid groups (broad SMARTS) is 1. The molecular weight excluding hydrogens is 326 g/mol. The van der Waals surface area contributed by atoms with Crippen LogP contribution < -0.4 is 0 Å². The van der Waals surface area contributed by atoms with Crippen LogP contribution in [0.4, 0.5) is 4.79 Å². The smallest absolute Gasteiger partial charge is 0.411 e. The maximum absolute atomic E-state index is 12.5. The van der Waals surface area contributed by atoms with Crippen LogP contribution >= 0.6 is 0 Å². The van der Waals surface area contributed by atoms with E-state index in [0.29, 0.717) is 13.0 Å². The zero-order valence-electron chi connectivity index (χ0n) is 14.6. The number of amides is 1. The fraction of sp³-hybridized carbons (Fsp3) is 0.556. The summed E-state index contributed by atoms with van der Waals surface area (Å²) in [5, 5.41) is 18.5. The fourth-order valence-corrected chi connectivity index (χ4v) is 3.00. The Kier molecular flexibility index (Phi) is 6.39. The van der Waals surface area contributed by atoms with E-state index in [4.69, 9.17) is 14.6 Å². The van der Waals surface area contributed by atoms with Gasteiger partial charge in [-0.1, -0.05) is 37.3 Å². The predicted molar refractivity (Wildman–Crippen MR) is 90.0 cm³/mol. The van der Waals surface area contributed by atoms with Crippen LogP contribution in [0.5, 0.6) is 0 Å². The van der Waals surface area contributed by atoms with E-state index in [-0.39, 0.29) is 19.8 Å². The van der Waals surface area contributed by atoms with Gasteiger partial charge in [0.1, 0.15) is 12.1 Å². The number of hydrogen-bond donors (Lipinski definition) is 2. The lowest BCUT2D eigenvalue weighted by molar-refractivity contribution is -0.150. The molecule has 7 nitrogen and oxygen atoms in total. The van der Waals surface area contributed by atoms with E-state index in [2.05, 4.69) is 0 Å². The molecule has 1 aliphatic heterocycles. The molecule has 0 unspecified atom stereocenters. The molecule has 1 aliphatic rings. The topological polar surface area (TPSA) is 96.3 Å². The van der Waals surface area contributed by atoms with Crippen molar-refractivity contribution < 1.29 is 29.3 Å². The molecule has 1 amide bonds. The van der Waals surface area contributed by atoms with Gasteiger partial charge in [-0.3, -0.25) is 4.90 Å². The lowest BCUT2D eigenvalue weighted by Gasteiger charge is -2.33. The Bertz CT molecular complexity index is 592. The number of nitrogens with zero attached hydrogens (tertiary/aromatic N) is 1. The van der Waals surface area contributed by atoms with Crippen molar-refractivity contribution in [1.82, 2.24) is 4.90 Å². The van der Waals surface area contributed by atoms with Gasteiger partial charge >= 0.3 is 12.1 Å². The van der Waals surface area contributed by atoms with Gasteiger partial charge in [0.05, 0.1) is 12.6 Å². The van der Waals surface area contributed by atoms with Gasteiger partial charge in [-0.2, -0.15) is 0 Å². The second-order valence-corrected chi connectivity index (χ2v) is 6.38. The zero-order valence-corrected chi connectivity index (χ0v) is 14.6. The van der Waals surface area contributed by atoms with Crippen molar-refractivity contribution in [2.45, 2.75) is 38.5 Å². The minimum Gasteiger partial charge on any atom is -0.479 e. The second kappa shape index (κ2) is 8.31. The van der Waals surface area contributed by atoms with E-state index < -0.39 is 29.6 Å². The van der Waals surface area contributed by atoms with E-state index in [0.717, 1.165) is 5.56 Å². The first-order chi connectivity index (χ1) is 11.9. The summed E-state index contributed by atoms with van der Waals surface area (Å²) < 4.78 is 11.0. The van der Waals surface area contributed by atoms with Crippen molar-refractivity contribution >= 4 is 12.1 Å². The minimum atomic E-state index is -1.41. The van der Waals surface area contributed by atoms with Crippen molar-refractivity contribution in [3.8, 4) is 0 Å². The summed E-state index contributed by atoms with van der Waals surface area (Å²) >= 11 is 0. The number of carbonyl (C=O) groups is 2.